The third-order valence-electron chi connectivity index (χ3n) is 5.30. The molecule has 5 heteroatoms. The number of hydrogen-bond donors (Lipinski definition) is 2. The van der Waals surface area contributed by atoms with Crippen molar-refractivity contribution in [3.8, 4) is 5.75 Å². The lowest BCUT2D eigenvalue weighted by Crippen LogP contribution is -2.56. The molecule has 0 aliphatic carbocycles. The van der Waals surface area contributed by atoms with Crippen LogP contribution in [0.3, 0.4) is 0 Å². The minimum atomic E-state index is -1.06. The molecule has 0 heterocycles. The smallest absolute Gasteiger partial charge is 0.250 e. The van der Waals surface area contributed by atoms with Gasteiger partial charge < -0.3 is 9.84 Å². The van der Waals surface area contributed by atoms with E-state index >= 15 is 0 Å². The Balaban J connectivity index is 2.46. The number of Topliss-reactive ketones (excluding diaryl/α,β-unsaturated/α-hetero) is 1. The second-order valence-corrected chi connectivity index (χ2v) is 7.88. The van der Waals surface area contributed by atoms with Gasteiger partial charge in [0, 0.05) is 12.0 Å². The molecule has 0 aromatic heterocycles. The van der Waals surface area contributed by atoms with Gasteiger partial charge in [-0.1, -0.05) is 71.6 Å². The third-order valence-corrected chi connectivity index (χ3v) is 5.30. The molecule has 0 spiro atoms. The summed E-state index contributed by atoms with van der Waals surface area (Å²) >= 11 is 0. The highest BCUT2D eigenvalue weighted by atomic mass is 16.7. The molecule has 4 N–H and O–H groups in total. The van der Waals surface area contributed by atoms with Crippen LogP contribution in [0.15, 0.2) is 24.3 Å². The number of quaternary nitrogens is 1. The first kappa shape index (κ1) is 25.6. The molecular weight excluding hydrogens is 366 g/mol. The van der Waals surface area contributed by atoms with Gasteiger partial charge in [-0.2, -0.15) is 4.84 Å². The predicted molar refractivity (Wildman–Crippen MR) is 117 cm³/mol. The molecule has 0 saturated carbocycles. The molecule has 2 unspecified atom stereocenters. The number of rotatable bonds is 18. The van der Waals surface area contributed by atoms with Crippen molar-refractivity contribution in [2.24, 2.45) is 0 Å². The van der Waals surface area contributed by atoms with Crippen LogP contribution in [-0.2, 0) is 4.84 Å². The van der Waals surface area contributed by atoms with E-state index in [-0.39, 0.29) is 5.78 Å². The van der Waals surface area contributed by atoms with E-state index in [1.165, 1.54) is 44.9 Å². The van der Waals surface area contributed by atoms with Gasteiger partial charge in [0.05, 0.1) is 0 Å². The number of carbonyl (C=O) groups is 1. The number of hydrogen-bond acceptors (Lipinski definition) is 4. The van der Waals surface area contributed by atoms with E-state index in [1.807, 2.05) is 12.1 Å². The summed E-state index contributed by atoms with van der Waals surface area (Å²) in [5.74, 6) is 4.14. The topological polar surface area (TPSA) is 83.4 Å². The number of unbranched alkanes of at least 4 members (excludes halogenated alkanes) is 9. The zero-order valence-corrected chi connectivity index (χ0v) is 18.5. The van der Waals surface area contributed by atoms with Gasteiger partial charge in [0.2, 0.25) is 6.29 Å². The van der Waals surface area contributed by atoms with Gasteiger partial charge in [-0.3, -0.25) is 4.79 Å². The third kappa shape index (κ3) is 11.4. The van der Waals surface area contributed by atoms with Crippen LogP contribution in [0.4, 0.5) is 0 Å². The molecule has 2 atom stereocenters. The Kier molecular flexibility index (Phi) is 14.5. The Morgan fingerprint density at radius 3 is 2.03 bits per heavy atom. The highest BCUT2D eigenvalue weighted by Crippen LogP contribution is 2.20. The van der Waals surface area contributed by atoms with E-state index in [1.54, 1.807) is 12.1 Å². The Labute approximate surface area is 176 Å². The largest absolute Gasteiger partial charge is 0.485 e. The Morgan fingerprint density at radius 2 is 1.45 bits per heavy atom. The van der Waals surface area contributed by atoms with E-state index in [4.69, 9.17) is 9.57 Å². The maximum Gasteiger partial charge on any atom is 0.250 e. The molecule has 1 aromatic rings. The first-order valence-corrected chi connectivity index (χ1v) is 11.5. The van der Waals surface area contributed by atoms with Gasteiger partial charge in [-0.25, -0.2) is 5.90 Å². The van der Waals surface area contributed by atoms with Crippen molar-refractivity contribution in [3.05, 3.63) is 29.8 Å². The maximum absolute atomic E-state index is 12.3. The number of ether oxygens (including phenoxy) is 1. The van der Waals surface area contributed by atoms with Gasteiger partial charge in [0.1, 0.15) is 5.75 Å². The van der Waals surface area contributed by atoms with Crippen molar-refractivity contribution < 1.29 is 25.4 Å². The number of ketones is 1. The zero-order valence-electron chi connectivity index (χ0n) is 18.5. The molecule has 0 aliphatic rings. The van der Waals surface area contributed by atoms with Gasteiger partial charge in [0.25, 0.3) is 0 Å². The molecule has 5 nitrogen and oxygen atoms in total. The van der Waals surface area contributed by atoms with E-state index in [0.29, 0.717) is 24.2 Å². The number of benzene rings is 1. The minimum Gasteiger partial charge on any atom is -0.485 e. The van der Waals surface area contributed by atoms with Gasteiger partial charge in [-0.05, 0) is 43.5 Å². The fraction of sp³-hybridized carbons (Fsp3) is 0.708. The fourth-order valence-electron chi connectivity index (χ4n) is 3.42. The standard InChI is InChI=1S/C24H42NO4/c1-3-5-7-9-11-13-15-23(24(27)29-25)28-21-18-16-20(17-19-21)22(26)14-12-10-8-6-4-2/h16-19,23-24,27H,3-15H2,1-2,25H3/q+1. The van der Waals surface area contributed by atoms with E-state index in [2.05, 4.69) is 19.7 Å². The van der Waals surface area contributed by atoms with Crippen molar-refractivity contribution in [1.29, 1.82) is 0 Å². The average Bonchev–Trinajstić information content (AvgIpc) is 2.74. The molecule has 0 radical (unpaired) electrons. The van der Waals surface area contributed by atoms with Gasteiger partial charge in [0.15, 0.2) is 11.9 Å². The van der Waals surface area contributed by atoms with Crippen molar-refractivity contribution >= 4 is 5.78 Å². The summed E-state index contributed by atoms with van der Waals surface area (Å²) in [4.78, 5) is 17.1. The van der Waals surface area contributed by atoms with E-state index < -0.39 is 12.4 Å². The van der Waals surface area contributed by atoms with Crippen molar-refractivity contribution in [1.82, 2.24) is 0 Å². The van der Waals surface area contributed by atoms with Gasteiger partial charge >= 0.3 is 0 Å². The van der Waals surface area contributed by atoms with Crippen molar-refractivity contribution in [2.75, 3.05) is 0 Å². The Bertz CT molecular complexity index is 532. The van der Waals surface area contributed by atoms with Crippen LogP contribution in [0.2, 0.25) is 0 Å². The quantitative estimate of drug-likeness (QED) is 0.151. The highest BCUT2D eigenvalue weighted by Gasteiger charge is 2.23. The number of aliphatic hydroxyl groups excluding tert-OH is 1. The lowest BCUT2D eigenvalue weighted by atomic mass is 10.0. The molecule has 1 rings (SSSR count). The van der Waals surface area contributed by atoms with Crippen molar-refractivity contribution in [3.63, 3.8) is 0 Å². The summed E-state index contributed by atoms with van der Waals surface area (Å²) in [6.45, 7) is 4.40. The maximum atomic E-state index is 12.3. The molecule has 0 saturated heterocycles. The Morgan fingerprint density at radius 1 is 0.897 bits per heavy atom. The lowest BCUT2D eigenvalue weighted by Gasteiger charge is -2.21. The molecule has 166 valence electrons. The normalized spacial score (nSPS) is 13.2. The molecule has 29 heavy (non-hydrogen) atoms. The van der Waals surface area contributed by atoms with E-state index in [0.717, 1.165) is 25.7 Å². The minimum absolute atomic E-state index is 0.179. The van der Waals surface area contributed by atoms with Gasteiger partial charge in [-0.15, -0.1) is 0 Å². The van der Waals surface area contributed by atoms with Crippen molar-refractivity contribution in [2.45, 2.75) is 110 Å². The van der Waals surface area contributed by atoms with Crippen LogP contribution in [0.5, 0.6) is 5.75 Å². The first-order chi connectivity index (χ1) is 14.1. The van der Waals surface area contributed by atoms with Crippen LogP contribution < -0.4 is 10.6 Å². The average molecular weight is 409 g/mol. The summed E-state index contributed by atoms with van der Waals surface area (Å²) in [5, 5.41) is 10.1. The molecule has 0 fully saturated rings. The summed E-state index contributed by atoms with van der Waals surface area (Å²) in [5.41, 5.74) is 0.717. The summed E-state index contributed by atoms with van der Waals surface area (Å²) < 4.78 is 5.93. The summed E-state index contributed by atoms with van der Waals surface area (Å²) in [6.07, 6.45) is 12.6. The molecule has 0 amide bonds. The van der Waals surface area contributed by atoms with Crippen LogP contribution >= 0.6 is 0 Å². The van der Waals surface area contributed by atoms with E-state index in [9.17, 15) is 9.90 Å². The monoisotopic (exact) mass is 408 g/mol. The lowest BCUT2D eigenvalue weighted by molar-refractivity contribution is -0.720. The number of carbonyl (C=O) groups excluding carboxylic acids is 1. The molecule has 0 aliphatic heterocycles. The highest BCUT2D eigenvalue weighted by molar-refractivity contribution is 5.96. The molecule has 0 bridgehead atoms. The van der Waals surface area contributed by atoms with Crippen LogP contribution in [-0.4, -0.2) is 23.3 Å². The predicted octanol–water partition coefficient (Wildman–Crippen LogP) is 5.22. The Hall–Kier alpha value is -1.43. The van der Waals surface area contributed by atoms with Crippen LogP contribution in [0, 0.1) is 0 Å². The SMILES string of the molecule is CCCCCCCCC(Oc1ccc(C(=O)CCCCCCC)cc1)C(O)O[NH3+]. The second-order valence-electron chi connectivity index (χ2n) is 7.88. The summed E-state index contributed by atoms with van der Waals surface area (Å²) in [6, 6.07) is 7.22. The number of aliphatic hydroxyl groups is 1. The van der Waals surface area contributed by atoms with Crippen LogP contribution in [0.1, 0.15) is 108 Å². The molecular formula is C24H42NO4+. The zero-order chi connectivity index (χ0) is 21.3. The molecule has 1 aromatic carbocycles. The fourth-order valence-corrected chi connectivity index (χ4v) is 3.42. The van der Waals surface area contributed by atoms with Crippen LogP contribution in [0.25, 0.3) is 0 Å². The second kappa shape index (κ2) is 16.4. The first-order valence-electron chi connectivity index (χ1n) is 11.5. The summed E-state index contributed by atoms with van der Waals surface area (Å²) in [7, 11) is 0.